The molecule has 3 aromatic rings. The number of nitrogens with zero attached hydrogens (tertiary/aromatic N) is 3. The van der Waals surface area contributed by atoms with Gasteiger partial charge in [0.25, 0.3) is 10.0 Å². The lowest BCUT2D eigenvalue weighted by atomic mass is 10.0. The zero-order chi connectivity index (χ0) is 21.6. The summed E-state index contributed by atoms with van der Waals surface area (Å²) in [6.45, 7) is 3.01. The molecule has 0 radical (unpaired) electrons. The topological polar surface area (TPSA) is 71.9 Å². The van der Waals surface area contributed by atoms with Gasteiger partial charge in [-0.25, -0.2) is 12.4 Å². The Hall–Kier alpha value is -2.84. The highest BCUT2D eigenvalue weighted by molar-refractivity contribution is 7.90. The molecule has 1 aromatic heterocycles. The number of aromatic nitrogens is 1. The van der Waals surface area contributed by atoms with Crippen LogP contribution in [-0.4, -0.2) is 55.8 Å². The van der Waals surface area contributed by atoms with E-state index < -0.39 is 10.0 Å². The number of aryl methyl sites for hydroxylation is 1. The van der Waals surface area contributed by atoms with Crippen molar-refractivity contribution in [3.8, 4) is 5.75 Å². The summed E-state index contributed by atoms with van der Waals surface area (Å²) < 4.78 is 33.8. The first-order chi connectivity index (χ1) is 14.2. The third-order valence-electron chi connectivity index (χ3n) is 5.34. The number of rotatable bonds is 5. The molecular weight excluding hydrogens is 402 g/mol. The van der Waals surface area contributed by atoms with Gasteiger partial charge in [-0.1, -0.05) is 18.2 Å². The molecule has 0 unspecified atom stereocenters. The van der Waals surface area contributed by atoms with Gasteiger partial charge in [-0.15, -0.1) is 0 Å². The van der Waals surface area contributed by atoms with Crippen LogP contribution in [0.1, 0.15) is 16.7 Å². The summed E-state index contributed by atoms with van der Waals surface area (Å²) in [6, 6.07) is 10.7. The molecule has 0 atom stereocenters. The van der Waals surface area contributed by atoms with Crippen LogP contribution in [0.2, 0.25) is 0 Å². The summed E-state index contributed by atoms with van der Waals surface area (Å²) in [6.07, 6.45) is 1.64. The quantitative estimate of drug-likeness (QED) is 0.626. The van der Waals surface area contributed by atoms with Crippen LogP contribution < -0.4 is 4.74 Å². The van der Waals surface area contributed by atoms with Gasteiger partial charge >= 0.3 is 0 Å². The molecule has 2 aromatic carbocycles. The maximum atomic E-state index is 13.6. The average molecular weight is 428 g/mol. The van der Waals surface area contributed by atoms with Crippen molar-refractivity contribution in [2.75, 3.05) is 27.7 Å². The van der Waals surface area contributed by atoms with Crippen molar-refractivity contribution in [3.63, 3.8) is 0 Å². The molecule has 0 bridgehead atoms. The van der Waals surface area contributed by atoms with Gasteiger partial charge in [0, 0.05) is 24.7 Å². The predicted molar refractivity (Wildman–Crippen MR) is 115 cm³/mol. The van der Waals surface area contributed by atoms with Crippen LogP contribution in [0.25, 0.3) is 10.9 Å². The van der Waals surface area contributed by atoms with E-state index in [1.165, 1.54) is 11.1 Å². The fourth-order valence-electron chi connectivity index (χ4n) is 3.97. The monoisotopic (exact) mass is 427 g/mol. The van der Waals surface area contributed by atoms with Crippen molar-refractivity contribution in [3.05, 3.63) is 59.3 Å². The fourth-order valence-corrected chi connectivity index (χ4v) is 5.60. The van der Waals surface area contributed by atoms with Gasteiger partial charge in [-0.05, 0) is 55.9 Å². The number of carbonyl (C=O) groups excluding carboxylic acids is 1. The SMILES string of the molecule is COc1ccc(C)cc1S(=O)(=O)n1cc2c3c(cccc31)CN(C(=O)CN(C)C)C2. The lowest BCUT2D eigenvalue weighted by Gasteiger charge is -2.28. The van der Waals surface area contributed by atoms with Crippen molar-refractivity contribution in [1.29, 1.82) is 0 Å². The van der Waals surface area contributed by atoms with Crippen LogP contribution in [-0.2, 0) is 27.9 Å². The van der Waals surface area contributed by atoms with Crippen molar-refractivity contribution < 1.29 is 17.9 Å². The van der Waals surface area contributed by atoms with E-state index in [1.807, 2.05) is 44.1 Å². The van der Waals surface area contributed by atoms with E-state index in [4.69, 9.17) is 4.74 Å². The summed E-state index contributed by atoms with van der Waals surface area (Å²) in [5.41, 5.74) is 3.22. The Morgan fingerprint density at radius 2 is 1.87 bits per heavy atom. The highest BCUT2D eigenvalue weighted by Crippen LogP contribution is 2.35. The maximum absolute atomic E-state index is 13.6. The lowest BCUT2D eigenvalue weighted by molar-refractivity contribution is -0.133. The molecule has 2 heterocycles. The van der Waals surface area contributed by atoms with Crippen molar-refractivity contribution in [1.82, 2.24) is 13.8 Å². The molecule has 0 saturated carbocycles. The number of likely N-dealkylation sites (N-methyl/N-ethyl adjacent to an activating group) is 1. The van der Waals surface area contributed by atoms with Crippen LogP contribution >= 0.6 is 0 Å². The second-order valence-corrected chi connectivity index (χ2v) is 9.69. The van der Waals surface area contributed by atoms with Gasteiger partial charge in [0.1, 0.15) is 10.6 Å². The maximum Gasteiger partial charge on any atom is 0.271 e. The summed E-state index contributed by atoms with van der Waals surface area (Å²) in [5.74, 6) is 0.316. The number of amides is 1. The van der Waals surface area contributed by atoms with E-state index in [2.05, 4.69) is 0 Å². The molecule has 8 heteroatoms. The second kappa shape index (κ2) is 7.45. The van der Waals surface area contributed by atoms with E-state index in [1.54, 1.807) is 29.3 Å². The number of carbonyl (C=O) groups is 1. The molecule has 7 nitrogen and oxygen atoms in total. The molecule has 0 spiro atoms. The van der Waals surface area contributed by atoms with Crippen molar-refractivity contribution in [2.24, 2.45) is 0 Å². The van der Waals surface area contributed by atoms with Gasteiger partial charge in [-0.2, -0.15) is 0 Å². The Morgan fingerprint density at radius 3 is 2.57 bits per heavy atom. The van der Waals surface area contributed by atoms with Crippen LogP contribution in [0, 0.1) is 6.92 Å². The van der Waals surface area contributed by atoms with E-state index in [0.29, 0.717) is 30.9 Å². The summed E-state index contributed by atoms with van der Waals surface area (Å²) >= 11 is 0. The largest absolute Gasteiger partial charge is 0.495 e. The zero-order valence-electron chi connectivity index (χ0n) is 17.5. The summed E-state index contributed by atoms with van der Waals surface area (Å²) in [4.78, 5) is 16.3. The van der Waals surface area contributed by atoms with Gasteiger partial charge in [-0.3, -0.25) is 4.79 Å². The van der Waals surface area contributed by atoms with E-state index >= 15 is 0 Å². The Kier molecular flexibility index (Phi) is 5.07. The van der Waals surface area contributed by atoms with E-state index in [9.17, 15) is 13.2 Å². The average Bonchev–Trinajstić information content (AvgIpc) is 3.08. The molecule has 1 aliphatic rings. The Morgan fingerprint density at radius 1 is 1.13 bits per heavy atom. The highest BCUT2D eigenvalue weighted by Gasteiger charge is 2.29. The number of methoxy groups -OCH3 is 1. The predicted octanol–water partition coefficient (Wildman–Crippen LogP) is 2.60. The van der Waals surface area contributed by atoms with Crippen molar-refractivity contribution in [2.45, 2.75) is 24.9 Å². The molecule has 0 fully saturated rings. The van der Waals surface area contributed by atoms with Crippen LogP contribution in [0.15, 0.2) is 47.5 Å². The molecule has 1 aliphatic heterocycles. The standard InChI is InChI=1S/C22H25N3O4S/c1-15-8-9-19(29-4)20(10-15)30(27,28)25-13-17-12-24(21(26)14-23(2)3)11-16-6-5-7-18(25)22(16)17/h5-10,13H,11-12,14H2,1-4H3. The minimum Gasteiger partial charge on any atom is -0.495 e. The van der Waals surface area contributed by atoms with Gasteiger partial charge < -0.3 is 14.5 Å². The Bertz CT molecular complexity index is 1240. The van der Waals surface area contributed by atoms with Gasteiger partial charge in [0.15, 0.2) is 0 Å². The molecule has 1 amide bonds. The Labute approximate surface area is 176 Å². The third kappa shape index (κ3) is 3.36. The first-order valence-corrected chi connectivity index (χ1v) is 11.1. The second-order valence-electron chi connectivity index (χ2n) is 7.91. The molecule has 0 saturated heterocycles. The van der Waals surface area contributed by atoms with Crippen LogP contribution in [0.4, 0.5) is 0 Å². The summed E-state index contributed by atoms with van der Waals surface area (Å²) in [5, 5.41) is 0.904. The third-order valence-corrected chi connectivity index (χ3v) is 7.04. The minimum absolute atomic E-state index is 0.0126. The highest BCUT2D eigenvalue weighted by atomic mass is 32.2. The molecule has 0 N–H and O–H groups in total. The molecule has 158 valence electrons. The number of benzene rings is 2. The number of hydrogen-bond donors (Lipinski definition) is 0. The van der Waals surface area contributed by atoms with E-state index in [-0.39, 0.29) is 10.8 Å². The van der Waals surface area contributed by atoms with E-state index in [0.717, 1.165) is 22.1 Å². The zero-order valence-corrected chi connectivity index (χ0v) is 18.4. The van der Waals surface area contributed by atoms with Crippen molar-refractivity contribution >= 4 is 26.8 Å². The molecular formula is C22H25N3O4S. The number of hydrogen-bond acceptors (Lipinski definition) is 5. The first-order valence-electron chi connectivity index (χ1n) is 9.67. The van der Waals surface area contributed by atoms with Crippen LogP contribution in [0.5, 0.6) is 5.75 Å². The molecule has 30 heavy (non-hydrogen) atoms. The lowest BCUT2D eigenvalue weighted by Crippen LogP contribution is -2.38. The normalized spacial score (nSPS) is 13.8. The summed E-state index contributed by atoms with van der Waals surface area (Å²) in [7, 11) is 1.28. The molecule has 4 rings (SSSR count). The first kappa shape index (κ1) is 20.4. The van der Waals surface area contributed by atoms with Gasteiger partial charge in [0.05, 0.1) is 19.2 Å². The Balaban J connectivity index is 1.84. The fraction of sp³-hybridized carbons (Fsp3) is 0.318. The molecule has 0 aliphatic carbocycles. The number of ether oxygens (including phenoxy) is 1. The smallest absolute Gasteiger partial charge is 0.271 e. The van der Waals surface area contributed by atoms with Crippen LogP contribution in [0.3, 0.4) is 0 Å². The van der Waals surface area contributed by atoms with Gasteiger partial charge in [0.2, 0.25) is 5.91 Å². The minimum atomic E-state index is -3.89.